The van der Waals surface area contributed by atoms with Crippen molar-refractivity contribution >= 4 is 5.91 Å². The molecule has 0 aromatic heterocycles. The molecule has 0 aliphatic carbocycles. The zero-order valence-electron chi connectivity index (χ0n) is 20.7. The molecule has 4 heteroatoms. The van der Waals surface area contributed by atoms with Crippen molar-refractivity contribution in [1.82, 2.24) is 9.80 Å². The molecule has 1 aliphatic rings. The summed E-state index contributed by atoms with van der Waals surface area (Å²) in [4.78, 5) is 18.0. The average molecular weight is 450 g/mol. The number of benzene rings is 2. The van der Waals surface area contributed by atoms with Crippen molar-refractivity contribution in [3.05, 3.63) is 71.8 Å². The van der Waals surface area contributed by atoms with Gasteiger partial charge >= 0.3 is 0 Å². The largest absolute Gasteiger partial charge is 0.369 e. The monoisotopic (exact) mass is 449 g/mol. The minimum absolute atomic E-state index is 0.191. The summed E-state index contributed by atoms with van der Waals surface area (Å²) < 4.78 is 0. The van der Waals surface area contributed by atoms with Gasteiger partial charge in [-0.3, -0.25) is 4.79 Å². The van der Waals surface area contributed by atoms with Gasteiger partial charge in [0.15, 0.2) is 0 Å². The lowest BCUT2D eigenvalue weighted by Gasteiger charge is -2.37. The lowest BCUT2D eigenvalue weighted by molar-refractivity contribution is -0.123. The molecule has 1 amide bonds. The number of unbranched alkanes of at least 4 members (excludes halogenated alkanes) is 6. The minimum Gasteiger partial charge on any atom is -0.369 e. The zero-order chi connectivity index (χ0) is 23.5. The minimum atomic E-state index is -0.774. The SMILES string of the molecule is CN(C)CCCCCCCCCN1CC[C@@H](C(C(N)=O)(c2ccccc2)c2ccccc2)C1. The lowest BCUT2D eigenvalue weighted by Crippen LogP contribution is -2.49. The van der Waals surface area contributed by atoms with Gasteiger partial charge in [0.1, 0.15) is 5.41 Å². The van der Waals surface area contributed by atoms with Gasteiger partial charge in [0, 0.05) is 6.54 Å². The van der Waals surface area contributed by atoms with Gasteiger partial charge < -0.3 is 15.5 Å². The van der Waals surface area contributed by atoms with Crippen LogP contribution in [0.2, 0.25) is 0 Å². The summed E-state index contributed by atoms with van der Waals surface area (Å²) in [5.41, 5.74) is 7.47. The highest BCUT2D eigenvalue weighted by atomic mass is 16.1. The second-order valence-corrected chi connectivity index (χ2v) is 9.97. The second kappa shape index (κ2) is 12.9. The van der Waals surface area contributed by atoms with Gasteiger partial charge in [-0.1, -0.05) is 92.8 Å². The number of carbonyl (C=O) groups excluding carboxylic acids is 1. The number of likely N-dealkylation sites (tertiary alicyclic amines) is 1. The number of carbonyl (C=O) groups is 1. The topological polar surface area (TPSA) is 49.6 Å². The molecule has 0 saturated carbocycles. The van der Waals surface area contributed by atoms with E-state index in [1.165, 1.54) is 51.5 Å². The quantitative estimate of drug-likeness (QED) is 0.410. The summed E-state index contributed by atoms with van der Waals surface area (Å²) in [5.74, 6) is -0.0440. The van der Waals surface area contributed by atoms with Crippen LogP contribution in [0.15, 0.2) is 60.7 Å². The molecule has 2 aromatic rings. The van der Waals surface area contributed by atoms with E-state index in [1.54, 1.807) is 0 Å². The predicted octanol–water partition coefficient (Wildman–Crippen LogP) is 5.07. The fraction of sp³-hybridized carbons (Fsp3) is 0.552. The molecule has 0 radical (unpaired) electrons. The van der Waals surface area contributed by atoms with Crippen molar-refractivity contribution in [3.8, 4) is 0 Å². The van der Waals surface area contributed by atoms with Crippen LogP contribution in [0.1, 0.15) is 62.5 Å². The maximum atomic E-state index is 13.2. The van der Waals surface area contributed by atoms with Crippen molar-refractivity contribution in [2.24, 2.45) is 11.7 Å². The maximum absolute atomic E-state index is 13.2. The molecule has 33 heavy (non-hydrogen) atoms. The number of amides is 1. The Balaban J connectivity index is 1.55. The molecule has 1 fully saturated rings. The third-order valence-corrected chi connectivity index (χ3v) is 7.31. The molecule has 3 rings (SSSR count). The third kappa shape index (κ3) is 6.68. The molecule has 0 unspecified atom stereocenters. The highest BCUT2D eigenvalue weighted by Crippen LogP contribution is 2.43. The van der Waals surface area contributed by atoms with E-state index < -0.39 is 5.41 Å². The molecule has 1 heterocycles. The van der Waals surface area contributed by atoms with Gasteiger partial charge in [-0.15, -0.1) is 0 Å². The fourth-order valence-electron chi connectivity index (χ4n) is 5.56. The van der Waals surface area contributed by atoms with Crippen molar-refractivity contribution in [3.63, 3.8) is 0 Å². The fourth-order valence-corrected chi connectivity index (χ4v) is 5.56. The Morgan fingerprint density at radius 1 is 0.879 bits per heavy atom. The summed E-state index contributed by atoms with van der Waals surface area (Å²) in [5, 5.41) is 0. The van der Waals surface area contributed by atoms with E-state index >= 15 is 0 Å². The van der Waals surface area contributed by atoms with E-state index in [0.29, 0.717) is 0 Å². The van der Waals surface area contributed by atoms with Crippen LogP contribution in [0.5, 0.6) is 0 Å². The van der Waals surface area contributed by atoms with E-state index in [4.69, 9.17) is 5.73 Å². The van der Waals surface area contributed by atoms with Crippen molar-refractivity contribution in [2.75, 3.05) is 40.3 Å². The summed E-state index contributed by atoms with van der Waals surface area (Å²) in [6, 6.07) is 20.3. The van der Waals surface area contributed by atoms with Gasteiger partial charge in [0.25, 0.3) is 0 Å². The summed E-state index contributed by atoms with van der Waals surface area (Å²) >= 11 is 0. The highest BCUT2D eigenvalue weighted by molar-refractivity contribution is 5.91. The Kier molecular flexibility index (Phi) is 9.95. The summed E-state index contributed by atoms with van der Waals surface area (Å²) in [6.45, 7) is 4.30. The Labute approximate surface area is 201 Å². The predicted molar refractivity (Wildman–Crippen MR) is 138 cm³/mol. The normalized spacial score (nSPS) is 17.0. The first-order valence-corrected chi connectivity index (χ1v) is 12.8. The molecular formula is C29H43N3O. The van der Waals surface area contributed by atoms with Crippen molar-refractivity contribution < 1.29 is 4.79 Å². The van der Waals surface area contributed by atoms with Crippen LogP contribution in [0.4, 0.5) is 0 Å². The van der Waals surface area contributed by atoms with Crippen LogP contribution in [0.3, 0.4) is 0 Å². The Morgan fingerprint density at radius 2 is 1.39 bits per heavy atom. The number of hydrogen-bond donors (Lipinski definition) is 1. The molecule has 2 N–H and O–H groups in total. The number of nitrogens with zero attached hydrogens (tertiary/aromatic N) is 2. The van der Waals surface area contributed by atoms with Crippen LogP contribution in [-0.4, -0.2) is 56.0 Å². The van der Waals surface area contributed by atoms with E-state index in [-0.39, 0.29) is 11.8 Å². The van der Waals surface area contributed by atoms with Gasteiger partial charge in [0.2, 0.25) is 5.91 Å². The number of hydrogen-bond acceptors (Lipinski definition) is 3. The van der Waals surface area contributed by atoms with Gasteiger partial charge in [-0.25, -0.2) is 0 Å². The summed E-state index contributed by atoms with van der Waals surface area (Å²) in [7, 11) is 4.30. The molecule has 1 aliphatic heterocycles. The number of nitrogens with two attached hydrogens (primary N) is 1. The van der Waals surface area contributed by atoms with Gasteiger partial charge in [0.05, 0.1) is 0 Å². The Morgan fingerprint density at radius 3 is 1.91 bits per heavy atom. The first kappa shape index (κ1) is 25.5. The van der Waals surface area contributed by atoms with Crippen LogP contribution >= 0.6 is 0 Å². The molecule has 4 nitrogen and oxygen atoms in total. The maximum Gasteiger partial charge on any atom is 0.232 e. The molecule has 1 saturated heterocycles. The smallest absolute Gasteiger partial charge is 0.232 e. The lowest BCUT2D eigenvalue weighted by atomic mass is 9.64. The van der Waals surface area contributed by atoms with Crippen LogP contribution in [-0.2, 0) is 10.2 Å². The third-order valence-electron chi connectivity index (χ3n) is 7.31. The van der Waals surface area contributed by atoms with E-state index in [1.807, 2.05) is 36.4 Å². The van der Waals surface area contributed by atoms with Crippen LogP contribution in [0.25, 0.3) is 0 Å². The average Bonchev–Trinajstić information content (AvgIpc) is 3.28. The standard InChI is InChI=1S/C29H43N3O/c1-31(2)21-14-6-4-3-5-7-15-22-32-23-20-27(24-32)29(28(30)33,25-16-10-8-11-17-25)26-18-12-9-13-19-26/h8-13,16-19,27H,3-7,14-15,20-24H2,1-2H3,(H2,30,33)/t27-/m1/s1. The van der Waals surface area contributed by atoms with E-state index in [0.717, 1.165) is 37.2 Å². The molecule has 2 aromatic carbocycles. The Hall–Kier alpha value is -2.17. The van der Waals surface area contributed by atoms with Crippen LogP contribution < -0.4 is 5.73 Å². The van der Waals surface area contributed by atoms with Gasteiger partial charge in [-0.2, -0.15) is 0 Å². The first-order chi connectivity index (χ1) is 16.0. The van der Waals surface area contributed by atoms with Crippen molar-refractivity contribution in [2.45, 2.75) is 56.8 Å². The number of rotatable bonds is 14. The zero-order valence-corrected chi connectivity index (χ0v) is 20.7. The van der Waals surface area contributed by atoms with Gasteiger partial charge in [-0.05, 0) is 70.0 Å². The molecule has 0 spiro atoms. The van der Waals surface area contributed by atoms with E-state index in [2.05, 4.69) is 48.2 Å². The molecule has 1 atom stereocenters. The number of primary amides is 1. The summed E-state index contributed by atoms with van der Waals surface area (Å²) in [6.07, 6.45) is 10.2. The van der Waals surface area contributed by atoms with Crippen molar-refractivity contribution in [1.29, 1.82) is 0 Å². The molecular weight excluding hydrogens is 406 g/mol. The first-order valence-electron chi connectivity index (χ1n) is 12.8. The highest BCUT2D eigenvalue weighted by Gasteiger charge is 2.49. The molecule has 0 bridgehead atoms. The molecule has 180 valence electrons. The second-order valence-electron chi connectivity index (χ2n) is 9.97. The van der Waals surface area contributed by atoms with Crippen LogP contribution in [0, 0.1) is 5.92 Å². The van der Waals surface area contributed by atoms with E-state index in [9.17, 15) is 4.79 Å². The Bertz CT molecular complexity index is 782.